The van der Waals surface area contributed by atoms with Crippen LogP contribution < -0.4 is 9.47 Å². The fourth-order valence-corrected chi connectivity index (χ4v) is 3.09. The summed E-state index contributed by atoms with van der Waals surface area (Å²) in [6, 6.07) is 5.14. The number of benzene rings is 1. The second-order valence-corrected chi connectivity index (χ2v) is 5.86. The molecule has 2 aromatic rings. The molecule has 1 aromatic carbocycles. The number of H-pyrrole nitrogens is 1. The van der Waals surface area contributed by atoms with E-state index in [4.69, 9.17) is 9.47 Å². The highest BCUT2D eigenvalue weighted by atomic mass is 16.5. The number of nitrogens with one attached hydrogen (secondary N) is 1. The quantitative estimate of drug-likeness (QED) is 0.931. The van der Waals surface area contributed by atoms with Gasteiger partial charge >= 0.3 is 0 Å². The summed E-state index contributed by atoms with van der Waals surface area (Å²) in [6.45, 7) is 2.56. The van der Waals surface area contributed by atoms with Crippen LogP contribution in [0.25, 0.3) is 0 Å². The number of ether oxygens (including phenoxy) is 2. The number of carbonyl (C=O) groups excluding carboxylic acids is 1. The zero-order valence-electron chi connectivity index (χ0n) is 14.2. The lowest BCUT2D eigenvalue weighted by molar-refractivity contribution is 0.0600. The van der Waals surface area contributed by atoms with Crippen LogP contribution in [-0.2, 0) is 0 Å². The predicted octanol–water partition coefficient (Wildman–Crippen LogP) is 2.50. The van der Waals surface area contributed by atoms with Gasteiger partial charge in [0.1, 0.15) is 5.82 Å². The summed E-state index contributed by atoms with van der Waals surface area (Å²) in [4.78, 5) is 19.3. The maximum absolute atomic E-state index is 13.0. The third-order valence-electron chi connectivity index (χ3n) is 4.31. The first-order chi connectivity index (χ1) is 11.6. The fourth-order valence-electron chi connectivity index (χ4n) is 3.09. The lowest BCUT2D eigenvalue weighted by Crippen LogP contribution is -2.39. The molecule has 0 spiro atoms. The number of rotatable bonds is 4. The Kier molecular flexibility index (Phi) is 4.69. The van der Waals surface area contributed by atoms with Crippen LogP contribution in [0.3, 0.4) is 0 Å². The highest BCUT2D eigenvalue weighted by molar-refractivity contribution is 5.95. The molecule has 0 saturated carbocycles. The first-order valence-electron chi connectivity index (χ1n) is 8.06. The van der Waals surface area contributed by atoms with Crippen molar-refractivity contribution in [1.29, 1.82) is 0 Å². The van der Waals surface area contributed by atoms with Gasteiger partial charge in [-0.1, -0.05) is 0 Å². The van der Waals surface area contributed by atoms with Crippen LogP contribution in [0, 0.1) is 6.92 Å². The van der Waals surface area contributed by atoms with Crippen LogP contribution in [-0.4, -0.2) is 46.8 Å². The van der Waals surface area contributed by atoms with E-state index in [1.165, 1.54) is 0 Å². The summed E-state index contributed by atoms with van der Waals surface area (Å²) in [5.74, 6) is 2.55. The van der Waals surface area contributed by atoms with Gasteiger partial charge in [0.05, 0.1) is 20.3 Å². The van der Waals surface area contributed by atoms with Crippen molar-refractivity contribution in [3.8, 4) is 11.5 Å². The highest BCUT2D eigenvalue weighted by Gasteiger charge is 2.31. The molecule has 24 heavy (non-hydrogen) atoms. The number of methoxy groups -OCH3 is 2. The van der Waals surface area contributed by atoms with E-state index in [1.54, 1.807) is 32.4 Å². The Morgan fingerprint density at radius 3 is 2.71 bits per heavy atom. The molecule has 1 aliphatic rings. The second-order valence-electron chi connectivity index (χ2n) is 5.86. The molecule has 1 amide bonds. The largest absolute Gasteiger partial charge is 0.493 e. The van der Waals surface area contributed by atoms with Gasteiger partial charge in [-0.05, 0) is 44.4 Å². The Morgan fingerprint density at radius 1 is 1.25 bits per heavy atom. The zero-order valence-corrected chi connectivity index (χ0v) is 14.2. The highest BCUT2D eigenvalue weighted by Crippen LogP contribution is 2.32. The van der Waals surface area contributed by atoms with E-state index in [1.807, 2.05) is 11.8 Å². The maximum atomic E-state index is 13.0. The van der Waals surface area contributed by atoms with Crippen molar-refractivity contribution < 1.29 is 14.3 Å². The Bertz CT molecular complexity index is 728. The summed E-state index contributed by atoms with van der Waals surface area (Å²) in [7, 11) is 3.14. The van der Waals surface area contributed by atoms with E-state index < -0.39 is 0 Å². The SMILES string of the molecule is COc1ccc(C(=O)N2CCCC[C@H]2c2n[nH]c(C)n2)cc1OC. The molecule has 0 unspecified atom stereocenters. The molecule has 0 bridgehead atoms. The molecule has 1 saturated heterocycles. The third-order valence-corrected chi connectivity index (χ3v) is 4.31. The molecule has 1 aliphatic heterocycles. The lowest BCUT2D eigenvalue weighted by atomic mass is 10.00. The van der Waals surface area contributed by atoms with Crippen molar-refractivity contribution in [1.82, 2.24) is 20.1 Å². The van der Waals surface area contributed by atoms with E-state index in [0.717, 1.165) is 25.1 Å². The summed E-state index contributed by atoms with van der Waals surface area (Å²) in [5.41, 5.74) is 0.576. The number of carbonyl (C=O) groups is 1. The summed E-state index contributed by atoms with van der Waals surface area (Å²) in [5, 5.41) is 7.12. The van der Waals surface area contributed by atoms with Gasteiger partial charge in [0.25, 0.3) is 5.91 Å². The smallest absolute Gasteiger partial charge is 0.254 e. The number of piperidine rings is 1. The van der Waals surface area contributed by atoms with Gasteiger partial charge in [-0.2, -0.15) is 5.10 Å². The van der Waals surface area contributed by atoms with Gasteiger partial charge in [-0.15, -0.1) is 0 Å². The number of aromatic nitrogens is 3. The van der Waals surface area contributed by atoms with Crippen LogP contribution in [0.5, 0.6) is 11.5 Å². The Balaban J connectivity index is 1.89. The normalized spacial score (nSPS) is 17.6. The number of aromatic amines is 1. The van der Waals surface area contributed by atoms with Gasteiger partial charge in [0.15, 0.2) is 17.3 Å². The minimum Gasteiger partial charge on any atom is -0.493 e. The Labute approximate surface area is 141 Å². The van der Waals surface area contributed by atoms with E-state index >= 15 is 0 Å². The molecule has 1 atom stereocenters. The average molecular weight is 330 g/mol. The van der Waals surface area contributed by atoms with Gasteiger partial charge in [0.2, 0.25) is 0 Å². The predicted molar refractivity (Wildman–Crippen MR) is 88.3 cm³/mol. The van der Waals surface area contributed by atoms with Crippen molar-refractivity contribution in [2.75, 3.05) is 20.8 Å². The van der Waals surface area contributed by atoms with Crippen molar-refractivity contribution in [3.63, 3.8) is 0 Å². The van der Waals surface area contributed by atoms with Gasteiger partial charge in [-0.3, -0.25) is 9.89 Å². The summed E-state index contributed by atoms with van der Waals surface area (Å²) >= 11 is 0. The number of amides is 1. The number of hydrogen-bond donors (Lipinski definition) is 1. The standard InChI is InChI=1S/C17H22N4O3/c1-11-18-16(20-19-11)13-6-4-5-9-21(13)17(22)12-7-8-14(23-2)15(10-12)24-3/h7-8,10,13H,4-6,9H2,1-3H3,(H,18,19,20)/t13-/m0/s1. The topological polar surface area (TPSA) is 80.3 Å². The Hall–Kier alpha value is -2.57. The first-order valence-corrected chi connectivity index (χ1v) is 8.06. The number of nitrogens with zero attached hydrogens (tertiary/aromatic N) is 3. The van der Waals surface area contributed by atoms with Crippen LogP contribution >= 0.6 is 0 Å². The molecule has 1 aromatic heterocycles. The summed E-state index contributed by atoms with van der Waals surface area (Å²) in [6.07, 6.45) is 2.92. The maximum Gasteiger partial charge on any atom is 0.254 e. The van der Waals surface area contributed by atoms with Gasteiger partial charge in [-0.25, -0.2) is 4.98 Å². The van der Waals surface area contributed by atoms with E-state index in [-0.39, 0.29) is 11.9 Å². The molecule has 7 nitrogen and oxygen atoms in total. The lowest BCUT2D eigenvalue weighted by Gasteiger charge is -2.34. The molecule has 1 fully saturated rings. The monoisotopic (exact) mass is 330 g/mol. The van der Waals surface area contributed by atoms with Gasteiger partial charge < -0.3 is 14.4 Å². The minimum absolute atomic E-state index is 0.0388. The fraction of sp³-hybridized carbons (Fsp3) is 0.471. The molecular weight excluding hydrogens is 308 g/mol. The molecule has 128 valence electrons. The van der Waals surface area contributed by atoms with E-state index in [9.17, 15) is 4.79 Å². The van der Waals surface area contributed by atoms with Crippen LogP contribution in [0.2, 0.25) is 0 Å². The molecule has 7 heteroatoms. The molecular formula is C17H22N4O3. The average Bonchev–Trinajstić information content (AvgIpc) is 3.06. The summed E-state index contributed by atoms with van der Waals surface area (Å²) < 4.78 is 10.5. The molecule has 2 heterocycles. The van der Waals surface area contributed by atoms with Crippen LogP contribution in [0.1, 0.15) is 47.3 Å². The van der Waals surface area contributed by atoms with Crippen molar-refractivity contribution in [2.45, 2.75) is 32.2 Å². The van der Waals surface area contributed by atoms with Gasteiger partial charge in [0, 0.05) is 12.1 Å². The van der Waals surface area contributed by atoms with Crippen LogP contribution in [0.4, 0.5) is 0 Å². The molecule has 3 rings (SSSR count). The second kappa shape index (κ2) is 6.90. The number of aryl methyl sites for hydroxylation is 1. The third kappa shape index (κ3) is 3.06. The van der Waals surface area contributed by atoms with Crippen molar-refractivity contribution >= 4 is 5.91 Å². The molecule has 0 aliphatic carbocycles. The van der Waals surface area contributed by atoms with Crippen molar-refractivity contribution in [2.24, 2.45) is 0 Å². The van der Waals surface area contributed by atoms with E-state index in [0.29, 0.717) is 29.4 Å². The minimum atomic E-state index is -0.0932. The van der Waals surface area contributed by atoms with Crippen molar-refractivity contribution in [3.05, 3.63) is 35.4 Å². The molecule has 0 radical (unpaired) electrons. The Morgan fingerprint density at radius 2 is 2.04 bits per heavy atom. The van der Waals surface area contributed by atoms with E-state index in [2.05, 4.69) is 15.2 Å². The zero-order chi connectivity index (χ0) is 17.1. The number of hydrogen-bond acceptors (Lipinski definition) is 5. The number of likely N-dealkylation sites (tertiary alicyclic amines) is 1. The van der Waals surface area contributed by atoms with Crippen LogP contribution in [0.15, 0.2) is 18.2 Å². The molecule has 1 N–H and O–H groups in total. The first kappa shape index (κ1) is 16.3.